The van der Waals surface area contributed by atoms with Crippen LogP contribution >= 0.6 is 0 Å². The van der Waals surface area contributed by atoms with E-state index < -0.39 is 0 Å². The molecule has 2 aromatic heterocycles. The molecule has 0 atom stereocenters. The molecular weight excluding hydrogens is 336 g/mol. The topological polar surface area (TPSA) is 98.5 Å². The van der Waals surface area contributed by atoms with Crippen molar-refractivity contribution < 1.29 is 18.7 Å². The molecule has 0 saturated heterocycles. The Morgan fingerprint density at radius 1 is 1.15 bits per heavy atom. The molecular formula is C18H16N4O4. The van der Waals surface area contributed by atoms with E-state index in [0.717, 1.165) is 5.76 Å². The van der Waals surface area contributed by atoms with Gasteiger partial charge in [0.15, 0.2) is 11.5 Å². The lowest BCUT2D eigenvalue weighted by atomic mass is 10.2. The van der Waals surface area contributed by atoms with Gasteiger partial charge in [0.1, 0.15) is 23.1 Å². The number of hydrogen-bond acceptors (Lipinski definition) is 7. The fourth-order valence-corrected chi connectivity index (χ4v) is 2.53. The van der Waals surface area contributed by atoms with Gasteiger partial charge in [-0.15, -0.1) is 0 Å². The van der Waals surface area contributed by atoms with Crippen LogP contribution in [-0.4, -0.2) is 22.7 Å². The van der Waals surface area contributed by atoms with Crippen molar-refractivity contribution in [2.24, 2.45) is 0 Å². The maximum Gasteiger partial charge on any atom is 0.274 e. The Morgan fingerprint density at radius 3 is 2.88 bits per heavy atom. The van der Waals surface area contributed by atoms with Crippen molar-refractivity contribution in [2.75, 3.05) is 17.4 Å². The van der Waals surface area contributed by atoms with E-state index in [1.807, 2.05) is 12.1 Å². The van der Waals surface area contributed by atoms with E-state index in [0.29, 0.717) is 35.4 Å². The highest BCUT2D eigenvalue weighted by atomic mass is 16.7. The third-order valence-corrected chi connectivity index (χ3v) is 3.72. The zero-order chi connectivity index (χ0) is 17.9. The van der Waals surface area contributed by atoms with E-state index in [1.165, 1.54) is 0 Å². The highest BCUT2D eigenvalue weighted by Crippen LogP contribution is 2.34. The third kappa shape index (κ3) is 3.44. The highest BCUT2D eigenvalue weighted by Gasteiger charge is 2.16. The van der Waals surface area contributed by atoms with Crippen LogP contribution in [0.25, 0.3) is 0 Å². The molecule has 3 aromatic rings. The minimum absolute atomic E-state index is 0.183. The Labute approximate surface area is 149 Å². The number of nitrogens with zero attached hydrogens (tertiary/aromatic N) is 2. The number of fused-ring (bicyclic) bond motifs is 1. The molecule has 2 N–H and O–H groups in total. The Hall–Kier alpha value is -3.55. The molecule has 0 unspecified atom stereocenters. The Morgan fingerprint density at radius 2 is 2.04 bits per heavy atom. The smallest absolute Gasteiger partial charge is 0.274 e. The summed E-state index contributed by atoms with van der Waals surface area (Å²) in [7, 11) is 0. The lowest BCUT2D eigenvalue weighted by molar-refractivity contribution is 0.102. The van der Waals surface area contributed by atoms with Crippen LogP contribution < -0.4 is 20.1 Å². The van der Waals surface area contributed by atoms with Crippen molar-refractivity contribution in [1.82, 2.24) is 9.97 Å². The molecule has 0 fully saturated rings. The van der Waals surface area contributed by atoms with Gasteiger partial charge in [-0.25, -0.2) is 9.97 Å². The highest BCUT2D eigenvalue weighted by molar-refractivity contribution is 6.03. The van der Waals surface area contributed by atoms with Crippen LogP contribution in [0.1, 0.15) is 22.1 Å². The number of aromatic nitrogens is 2. The predicted octanol–water partition coefficient (Wildman–Crippen LogP) is 2.97. The van der Waals surface area contributed by atoms with Crippen LogP contribution in [0.2, 0.25) is 0 Å². The predicted molar refractivity (Wildman–Crippen MR) is 93.3 cm³/mol. The van der Waals surface area contributed by atoms with E-state index in [1.54, 1.807) is 37.5 Å². The molecule has 0 spiro atoms. The van der Waals surface area contributed by atoms with Gasteiger partial charge in [0.2, 0.25) is 6.79 Å². The van der Waals surface area contributed by atoms with Gasteiger partial charge in [-0.3, -0.25) is 4.79 Å². The average Bonchev–Trinajstić information content (AvgIpc) is 3.30. The van der Waals surface area contributed by atoms with Crippen molar-refractivity contribution in [3.05, 3.63) is 59.9 Å². The van der Waals surface area contributed by atoms with Gasteiger partial charge in [0.05, 0.1) is 12.8 Å². The summed E-state index contributed by atoms with van der Waals surface area (Å²) in [4.78, 5) is 21.0. The summed E-state index contributed by atoms with van der Waals surface area (Å²) in [6.07, 6.45) is 1.60. The largest absolute Gasteiger partial charge is 0.467 e. The summed E-state index contributed by atoms with van der Waals surface area (Å²) in [6, 6.07) is 10.5. The molecule has 0 bridgehead atoms. The lowest BCUT2D eigenvalue weighted by Crippen LogP contribution is -2.15. The second kappa shape index (κ2) is 6.75. The van der Waals surface area contributed by atoms with Gasteiger partial charge >= 0.3 is 0 Å². The number of amides is 1. The molecule has 1 amide bonds. The average molecular weight is 352 g/mol. The van der Waals surface area contributed by atoms with E-state index in [2.05, 4.69) is 20.6 Å². The third-order valence-electron chi connectivity index (χ3n) is 3.72. The number of ether oxygens (including phenoxy) is 2. The SMILES string of the molecule is Cc1nc(NCc2ccco2)cc(C(=O)Nc2ccc3c(c2)OCO3)n1. The number of carbonyl (C=O) groups excluding carboxylic acids is 1. The number of anilines is 2. The summed E-state index contributed by atoms with van der Waals surface area (Å²) in [5.41, 5.74) is 0.859. The van der Waals surface area contributed by atoms with Crippen molar-refractivity contribution in [3.63, 3.8) is 0 Å². The maximum atomic E-state index is 12.5. The first-order chi connectivity index (χ1) is 12.7. The van der Waals surface area contributed by atoms with Gasteiger partial charge in [0.25, 0.3) is 5.91 Å². The van der Waals surface area contributed by atoms with Crippen molar-refractivity contribution in [1.29, 1.82) is 0 Å². The molecule has 8 nitrogen and oxygen atoms in total. The lowest BCUT2D eigenvalue weighted by Gasteiger charge is -2.09. The monoisotopic (exact) mass is 352 g/mol. The van der Waals surface area contributed by atoms with Crippen LogP contribution in [-0.2, 0) is 6.54 Å². The normalized spacial score (nSPS) is 12.0. The number of hydrogen-bond donors (Lipinski definition) is 2. The molecule has 0 saturated carbocycles. The summed E-state index contributed by atoms with van der Waals surface area (Å²) < 4.78 is 15.8. The number of carbonyl (C=O) groups is 1. The van der Waals surface area contributed by atoms with Crippen LogP contribution in [0.15, 0.2) is 47.1 Å². The quantitative estimate of drug-likeness (QED) is 0.728. The fourth-order valence-electron chi connectivity index (χ4n) is 2.53. The first-order valence-electron chi connectivity index (χ1n) is 8.00. The molecule has 3 heterocycles. The first kappa shape index (κ1) is 15.9. The second-order valence-corrected chi connectivity index (χ2v) is 5.64. The standard InChI is InChI=1S/C18H16N4O4/c1-11-20-14(8-17(21-11)19-9-13-3-2-6-24-13)18(23)22-12-4-5-15-16(7-12)26-10-25-15/h2-8H,9-10H2,1H3,(H,22,23)(H,19,20,21). The number of furan rings is 1. The molecule has 26 heavy (non-hydrogen) atoms. The van der Waals surface area contributed by atoms with Crippen molar-refractivity contribution >= 4 is 17.4 Å². The molecule has 132 valence electrons. The van der Waals surface area contributed by atoms with E-state index >= 15 is 0 Å². The summed E-state index contributed by atoms with van der Waals surface area (Å²) in [6.45, 7) is 2.38. The zero-order valence-electron chi connectivity index (χ0n) is 14.0. The van der Waals surface area contributed by atoms with Gasteiger partial charge in [-0.1, -0.05) is 0 Å². The van der Waals surface area contributed by atoms with Crippen LogP contribution in [0.3, 0.4) is 0 Å². The minimum Gasteiger partial charge on any atom is -0.467 e. The molecule has 8 heteroatoms. The van der Waals surface area contributed by atoms with E-state index in [9.17, 15) is 4.79 Å². The molecule has 0 aliphatic carbocycles. The maximum absolute atomic E-state index is 12.5. The zero-order valence-corrected chi connectivity index (χ0v) is 14.0. The second-order valence-electron chi connectivity index (χ2n) is 5.64. The molecule has 4 rings (SSSR count). The number of rotatable bonds is 5. The molecule has 0 radical (unpaired) electrons. The van der Waals surface area contributed by atoms with E-state index in [4.69, 9.17) is 13.9 Å². The molecule has 1 aromatic carbocycles. The molecule has 1 aliphatic rings. The minimum atomic E-state index is -0.338. The summed E-state index contributed by atoms with van der Waals surface area (Å²) in [5, 5.41) is 5.92. The fraction of sp³-hybridized carbons (Fsp3) is 0.167. The van der Waals surface area contributed by atoms with Crippen molar-refractivity contribution in [2.45, 2.75) is 13.5 Å². The van der Waals surface area contributed by atoms with Gasteiger partial charge < -0.3 is 24.5 Å². The summed E-state index contributed by atoms with van der Waals surface area (Å²) in [5.74, 6) is 2.73. The van der Waals surface area contributed by atoms with Gasteiger partial charge in [-0.05, 0) is 31.2 Å². The Bertz CT molecular complexity index is 940. The van der Waals surface area contributed by atoms with Crippen LogP contribution in [0, 0.1) is 6.92 Å². The Kier molecular flexibility index (Phi) is 4.14. The number of aryl methyl sites for hydroxylation is 1. The summed E-state index contributed by atoms with van der Waals surface area (Å²) >= 11 is 0. The first-order valence-corrected chi connectivity index (χ1v) is 8.00. The van der Waals surface area contributed by atoms with Gasteiger partial charge in [0, 0.05) is 17.8 Å². The van der Waals surface area contributed by atoms with Crippen molar-refractivity contribution in [3.8, 4) is 11.5 Å². The van der Waals surface area contributed by atoms with E-state index in [-0.39, 0.29) is 18.4 Å². The number of nitrogens with one attached hydrogen (secondary N) is 2. The Balaban J connectivity index is 1.48. The van der Waals surface area contributed by atoms with Crippen LogP contribution in [0.4, 0.5) is 11.5 Å². The molecule has 1 aliphatic heterocycles. The van der Waals surface area contributed by atoms with Gasteiger partial charge in [-0.2, -0.15) is 0 Å². The number of benzene rings is 1. The van der Waals surface area contributed by atoms with Crippen LogP contribution in [0.5, 0.6) is 11.5 Å².